The minimum absolute atomic E-state index is 0.0894. The van der Waals surface area contributed by atoms with Crippen LogP contribution in [0.2, 0.25) is 0 Å². The summed E-state index contributed by atoms with van der Waals surface area (Å²) in [7, 11) is 1.57. The fourth-order valence-electron chi connectivity index (χ4n) is 4.77. The molecule has 1 amide bonds. The molecule has 1 fully saturated rings. The van der Waals surface area contributed by atoms with Crippen LogP contribution < -0.4 is 15.5 Å². The van der Waals surface area contributed by atoms with Crippen LogP contribution >= 0.6 is 0 Å². The van der Waals surface area contributed by atoms with Gasteiger partial charge in [-0.1, -0.05) is 12.1 Å². The van der Waals surface area contributed by atoms with Gasteiger partial charge in [0.15, 0.2) is 0 Å². The molecule has 216 valence electrons. The standard InChI is InChI=1S/C29H35N7O5/c1-20-15-23(33-26(16-20)29(40)41)19-36-13-11-34(17-21-5-3-7-24(31-21)27(37)30-2)9-10-35(12-14-36)18-22-6-4-8-25(32-22)28(38)39/h3-8,15-16H,9-14,17-19H2,1-2H3,(H,30,37)(H,38,39)(H,40,41)/p-2. The maximum Gasteiger partial charge on any atom is 0.269 e. The molecule has 0 unspecified atom stereocenters. The highest BCUT2D eigenvalue weighted by Crippen LogP contribution is 2.13. The van der Waals surface area contributed by atoms with Crippen molar-refractivity contribution >= 4 is 17.8 Å². The van der Waals surface area contributed by atoms with Gasteiger partial charge in [-0.2, -0.15) is 0 Å². The third kappa shape index (κ3) is 8.61. The van der Waals surface area contributed by atoms with Crippen LogP contribution in [0.25, 0.3) is 0 Å². The summed E-state index contributed by atoms with van der Waals surface area (Å²) in [5, 5.41) is 25.4. The van der Waals surface area contributed by atoms with Crippen LogP contribution in [-0.2, 0) is 19.6 Å². The summed E-state index contributed by atoms with van der Waals surface area (Å²) in [6, 6.07) is 13.6. The zero-order chi connectivity index (χ0) is 29.4. The zero-order valence-electron chi connectivity index (χ0n) is 23.2. The van der Waals surface area contributed by atoms with Gasteiger partial charge in [-0.05, 0) is 48.9 Å². The molecule has 12 heteroatoms. The molecule has 0 atom stereocenters. The molecule has 0 bridgehead atoms. The fourth-order valence-corrected chi connectivity index (χ4v) is 4.77. The van der Waals surface area contributed by atoms with Crippen LogP contribution in [0, 0.1) is 6.92 Å². The number of aryl methyl sites for hydroxylation is 1. The van der Waals surface area contributed by atoms with E-state index in [1.54, 1.807) is 25.2 Å². The number of nitrogens with one attached hydrogen (secondary N) is 1. The molecule has 1 aliphatic heterocycles. The van der Waals surface area contributed by atoms with Gasteiger partial charge < -0.3 is 25.1 Å². The van der Waals surface area contributed by atoms with E-state index in [0.29, 0.717) is 76.0 Å². The Labute approximate surface area is 238 Å². The molecule has 4 heterocycles. The van der Waals surface area contributed by atoms with Gasteiger partial charge in [0.1, 0.15) is 5.69 Å². The first-order valence-electron chi connectivity index (χ1n) is 13.4. The summed E-state index contributed by atoms with van der Waals surface area (Å²) >= 11 is 0. The molecule has 1 N–H and O–H groups in total. The first-order chi connectivity index (χ1) is 19.7. The van der Waals surface area contributed by atoms with Gasteiger partial charge >= 0.3 is 0 Å². The average Bonchev–Trinajstić information content (AvgIpc) is 3.04. The fraction of sp³-hybridized carbons (Fsp3) is 0.379. The van der Waals surface area contributed by atoms with Gasteiger partial charge in [0.05, 0.1) is 40.4 Å². The smallest absolute Gasteiger partial charge is 0.269 e. The maximum absolute atomic E-state index is 12.1. The number of aromatic nitrogens is 3. The molecule has 41 heavy (non-hydrogen) atoms. The lowest BCUT2D eigenvalue weighted by molar-refractivity contribution is -0.256. The van der Waals surface area contributed by atoms with Crippen molar-refractivity contribution < 1.29 is 24.6 Å². The third-order valence-corrected chi connectivity index (χ3v) is 6.87. The van der Waals surface area contributed by atoms with E-state index in [1.165, 1.54) is 12.1 Å². The minimum Gasteiger partial charge on any atom is -0.543 e. The molecule has 4 rings (SSSR count). The molecule has 0 saturated carbocycles. The largest absolute Gasteiger partial charge is 0.543 e. The van der Waals surface area contributed by atoms with Crippen LogP contribution in [0.4, 0.5) is 0 Å². The summed E-state index contributed by atoms with van der Waals surface area (Å²) in [5.74, 6) is -2.88. The van der Waals surface area contributed by atoms with Crippen molar-refractivity contribution in [2.24, 2.45) is 0 Å². The number of aromatic carboxylic acids is 2. The number of nitrogens with zero attached hydrogens (tertiary/aromatic N) is 6. The van der Waals surface area contributed by atoms with Crippen molar-refractivity contribution in [1.29, 1.82) is 0 Å². The lowest BCUT2D eigenvalue weighted by atomic mass is 10.2. The van der Waals surface area contributed by atoms with E-state index in [4.69, 9.17) is 0 Å². The second-order valence-electron chi connectivity index (χ2n) is 10.0. The maximum atomic E-state index is 12.1. The average molecular weight is 560 g/mol. The lowest BCUT2D eigenvalue weighted by Crippen LogP contribution is -2.36. The summed E-state index contributed by atoms with van der Waals surface area (Å²) < 4.78 is 0. The van der Waals surface area contributed by atoms with Crippen LogP contribution in [0.5, 0.6) is 0 Å². The van der Waals surface area contributed by atoms with E-state index in [0.717, 1.165) is 11.3 Å². The quantitative estimate of drug-likeness (QED) is 0.346. The van der Waals surface area contributed by atoms with E-state index < -0.39 is 11.9 Å². The highest BCUT2D eigenvalue weighted by Gasteiger charge is 2.19. The highest BCUT2D eigenvalue weighted by atomic mass is 16.4. The van der Waals surface area contributed by atoms with Crippen molar-refractivity contribution in [2.75, 3.05) is 46.3 Å². The predicted octanol–water partition coefficient (Wildman–Crippen LogP) is -0.913. The zero-order valence-corrected chi connectivity index (χ0v) is 23.2. The van der Waals surface area contributed by atoms with E-state index in [1.807, 2.05) is 25.1 Å². The van der Waals surface area contributed by atoms with Crippen molar-refractivity contribution in [3.05, 3.63) is 88.3 Å². The topological polar surface area (TPSA) is 158 Å². The number of rotatable bonds is 9. The van der Waals surface area contributed by atoms with Gasteiger partial charge in [-0.15, -0.1) is 0 Å². The molecule has 1 saturated heterocycles. The predicted molar refractivity (Wildman–Crippen MR) is 145 cm³/mol. The normalized spacial score (nSPS) is 15.5. The SMILES string of the molecule is CNC(=O)c1cccc(CN2CCN(Cc3cccc(C(=O)[O-])n3)CCN(Cc3cc(C)cc(C(=O)[O-])n3)CC2)n1. The Bertz CT molecular complexity index is 1400. The number of hydrogen-bond donors (Lipinski definition) is 1. The van der Waals surface area contributed by atoms with E-state index >= 15 is 0 Å². The third-order valence-electron chi connectivity index (χ3n) is 6.87. The van der Waals surface area contributed by atoms with E-state index in [2.05, 4.69) is 35.0 Å². The Balaban J connectivity index is 1.54. The number of carboxylic acid groups (broad SMARTS) is 2. The summed E-state index contributed by atoms with van der Waals surface area (Å²) in [4.78, 5) is 54.6. The molecule has 0 aromatic carbocycles. The van der Waals surface area contributed by atoms with Crippen molar-refractivity contribution in [1.82, 2.24) is 35.0 Å². The molecule has 1 aliphatic rings. The Morgan fingerprint density at radius 2 is 1.12 bits per heavy atom. The number of amides is 1. The molecule has 12 nitrogen and oxygen atoms in total. The van der Waals surface area contributed by atoms with Crippen LogP contribution in [0.15, 0.2) is 48.5 Å². The number of pyridine rings is 3. The molecule has 0 spiro atoms. The van der Waals surface area contributed by atoms with Crippen LogP contribution in [0.3, 0.4) is 0 Å². The minimum atomic E-state index is -1.32. The van der Waals surface area contributed by atoms with Crippen molar-refractivity contribution in [2.45, 2.75) is 26.6 Å². The first-order valence-corrected chi connectivity index (χ1v) is 13.4. The number of carbonyl (C=O) groups is 3. The van der Waals surface area contributed by atoms with Gasteiger partial charge in [0, 0.05) is 66.0 Å². The Hall–Kier alpha value is -4.26. The Kier molecular flexibility index (Phi) is 10.1. The number of carboxylic acids is 2. The first kappa shape index (κ1) is 29.7. The summed E-state index contributed by atoms with van der Waals surface area (Å²) in [6.45, 7) is 7.40. The molecule has 0 radical (unpaired) electrons. The molecule has 3 aromatic rings. The monoisotopic (exact) mass is 559 g/mol. The summed E-state index contributed by atoms with van der Waals surface area (Å²) in [6.07, 6.45) is 0. The van der Waals surface area contributed by atoms with Gasteiger partial charge in [0.25, 0.3) is 5.91 Å². The van der Waals surface area contributed by atoms with Crippen molar-refractivity contribution in [3.8, 4) is 0 Å². The van der Waals surface area contributed by atoms with E-state index in [-0.39, 0.29) is 17.3 Å². The lowest BCUT2D eigenvalue weighted by Gasteiger charge is -2.25. The Morgan fingerprint density at radius 3 is 1.61 bits per heavy atom. The second kappa shape index (κ2) is 13.9. The van der Waals surface area contributed by atoms with E-state index in [9.17, 15) is 24.6 Å². The highest BCUT2D eigenvalue weighted by molar-refractivity contribution is 5.92. The Morgan fingerprint density at radius 1 is 0.683 bits per heavy atom. The second-order valence-corrected chi connectivity index (χ2v) is 10.0. The van der Waals surface area contributed by atoms with Gasteiger partial charge in [-0.25, -0.2) is 4.98 Å². The molecule has 0 aliphatic carbocycles. The van der Waals surface area contributed by atoms with Crippen LogP contribution in [-0.4, -0.2) is 93.8 Å². The number of hydrogen-bond acceptors (Lipinski definition) is 11. The molecule has 3 aromatic heterocycles. The van der Waals surface area contributed by atoms with Gasteiger partial charge in [0.2, 0.25) is 0 Å². The van der Waals surface area contributed by atoms with Crippen LogP contribution in [0.1, 0.15) is 54.1 Å². The summed E-state index contributed by atoms with van der Waals surface area (Å²) in [5.41, 5.74) is 2.99. The van der Waals surface area contributed by atoms with Crippen molar-refractivity contribution in [3.63, 3.8) is 0 Å². The number of carbonyl (C=O) groups excluding carboxylic acids is 3. The molecular formula is C29H33N7O5-2. The van der Waals surface area contributed by atoms with Gasteiger partial charge in [-0.3, -0.25) is 29.5 Å². The molecular weight excluding hydrogens is 526 g/mol.